The van der Waals surface area contributed by atoms with Gasteiger partial charge in [0.2, 0.25) is 0 Å². The van der Waals surface area contributed by atoms with Gasteiger partial charge in [-0.3, -0.25) is 4.98 Å². The van der Waals surface area contributed by atoms with Crippen molar-refractivity contribution < 1.29 is 9.47 Å². The summed E-state index contributed by atoms with van der Waals surface area (Å²) >= 11 is 0. The summed E-state index contributed by atoms with van der Waals surface area (Å²) in [6.45, 7) is 0. The maximum atomic E-state index is 9.32. The second kappa shape index (κ2) is 3.85. The van der Waals surface area contributed by atoms with Crippen molar-refractivity contribution in [3.05, 3.63) is 30.1 Å². The van der Waals surface area contributed by atoms with Gasteiger partial charge >= 0.3 is 0 Å². The highest BCUT2D eigenvalue weighted by Crippen LogP contribution is 2.51. The lowest BCUT2D eigenvalue weighted by Gasteiger charge is -2.50. The minimum Gasteiger partial charge on any atom is -0.353 e. The van der Waals surface area contributed by atoms with Gasteiger partial charge in [-0.05, 0) is 11.6 Å². The van der Waals surface area contributed by atoms with E-state index in [9.17, 15) is 5.26 Å². The van der Waals surface area contributed by atoms with Gasteiger partial charge in [0, 0.05) is 39.5 Å². The molecule has 0 spiro atoms. The van der Waals surface area contributed by atoms with Crippen LogP contribution in [0, 0.1) is 11.3 Å². The van der Waals surface area contributed by atoms with E-state index in [0.29, 0.717) is 12.8 Å². The van der Waals surface area contributed by atoms with E-state index in [0.717, 1.165) is 5.56 Å². The molecule has 2 rings (SSSR count). The Hall–Kier alpha value is -1.44. The van der Waals surface area contributed by atoms with Crippen LogP contribution in [0.5, 0.6) is 0 Å². The van der Waals surface area contributed by atoms with Crippen molar-refractivity contribution >= 4 is 0 Å². The van der Waals surface area contributed by atoms with Gasteiger partial charge in [-0.25, -0.2) is 0 Å². The molecule has 1 aromatic heterocycles. The predicted octanol–water partition coefficient (Wildman–Crippen LogP) is 1.63. The molecule has 0 radical (unpaired) electrons. The molecule has 0 atom stereocenters. The summed E-state index contributed by atoms with van der Waals surface area (Å²) in [5.41, 5.74) is 0.419. The molecule has 1 aromatic rings. The van der Waals surface area contributed by atoms with Gasteiger partial charge < -0.3 is 9.47 Å². The fourth-order valence-corrected chi connectivity index (χ4v) is 2.23. The number of hydrogen-bond donors (Lipinski definition) is 0. The van der Waals surface area contributed by atoms with Crippen LogP contribution in [0.3, 0.4) is 0 Å². The average molecular weight is 218 g/mol. The summed E-state index contributed by atoms with van der Waals surface area (Å²) in [6, 6.07) is 6.12. The molecule has 1 aliphatic carbocycles. The molecule has 1 heterocycles. The number of nitrogens with zero attached hydrogens (tertiary/aromatic N) is 2. The fourth-order valence-electron chi connectivity index (χ4n) is 2.23. The zero-order valence-corrected chi connectivity index (χ0v) is 9.43. The zero-order valence-electron chi connectivity index (χ0n) is 9.43. The first-order chi connectivity index (χ1) is 7.70. The quantitative estimate of drug-likeness (QED) is 0.723. The first-order valence-corrected chi connectivity index (χ1v) is 5.12. The second-order valence-corrected chi connectivity index (χ2v) is 4.11. The third kappa shape index (κ3) is 1.49. The number of rotatable bonds is 3. The summed E-state index contributed by atoms with van der Waals surface area (Å²) in [6.07, 6.45) is 4.54. The van der Waals surface area contributed by atoms with Gasteiger partial charge in [0.1, 0.15) is 0 Å². The number of pyridine rings is 1. The number of aromatic nitrogens is 1. The van der Waals surface area contributed by atoms with Gasteiger partial charge in [-0.15, -0.1) is 0 Å². The van der Waals surface area contributed by atoms with Gasteiger partial charge in [-0.1, -0.05) is 6.07 Å². The van der Waals surface area contributed by atoms with Gasteiger partial charge in [0.25, 0.3) is 0 Å². The molecule has 0 aliphatic heterocycles. The van der Waals surface area contributed by atoms with Crippen LogP contribution in [-0.4, -0.2) is 25.0 Å². The van der Waals surface area contributed by atoms with E-state index in [4.69, 9.17) is 9.47 Å². The normalized spacial score (nSPS) is 20.8. The third-order valence-corrected chi connectivity index (χ3v) is 3.31. The highest BCUT2D eigenvalue weighted by Gasteiger charge is 2.57. The first kappa shape index (κ1) is 11.1. The molecule has 0 amide bonds. The van der Waals surface area contributed by atoms with E-state index in [1.807, 2.05) is 12.1 Å². The largest absolute Gasteiger partial charge is 0.353 e. The average Bonchev–Trinajstić information content (AvgIpc) is 2.31. The van der Waals surface area contributed by atoms with Crippen molar-refractivity contribution in [2.75, 3.05) is 14.2 Å². The Bertz CT molecular complexity index is 399. The number of methoxy groups -OCH3 is 2. The van der Waals surface area contributed by atoms with Crippen LogP contribution in [0.4, 0.5) is 0 Å². The first-order valence-electron chi connectivity index (χ1n) is 5.12. The SMILES string of the molecule is COC1(OC)CC(C#N)(c2cccnc2)C1. The Balaban J connectivity index is 2.25. The molecular weight excluding hydrogens is 204 g/mol. The molecule has 1 fully saturated rings. The highest BCUT2D eigenvalue weighted by molar-refractivity contribution is 5.35. The highest BCUT2D eigenvalue weighted by atomic mass is 16.7. The van der Waals surface area contributed by atoms with E-state index < -0.39 is 11.2 Å². The molecule has 0 aromatic carbocycles. The van der Waals surface area contributed by atoms with Gasteiger partial charge in [-0.2, -0.15) is 5.26 Å². The molecule has 1 saturated carbocycles. The van der Waals surface area contributed by atoms with Crippen LogP contribution < -0.4 is 0 Å². The van der Waals surface area contributed by atoms with Gasteiger partial charge in [0.15, 0.2) is 5.79 Å². The Kier molecular flexibility index (Phi) is 2.66. The van der Waals surface area contributed by atoms with Crippen molar-refractivity contribution in [1.29, 1.82) is 5.26 Å². The molecule has 0 N–H and O–H groups in total. The molecule has 0 bridgehead atoms. The van der Waals surface area contributed by atoms with Crippen LogP contribution in [0.1, 0.15) is 18.4 Å². The molecule has 4 heteroatoms. The lowest BCUT2D eigenvalue weighted by molar-refractivity contribution is -0.269. The Morgan fingerprint density at radius 3 is 2.50 bits per heavy atom. The lowest BCUT2D eigenvalue weighted by Crippen LogP contribution is -2.56. The van der Waals surface area contributed by atoms with Crippen LogP contribution in [0.25, 0.3) is 0 Å². The number of hydrogen-bond acceptors (Lipinski definition) is 4. The van der Waals surface area contributed by atoms with Gasteiger partial charge in [0.05, 0.1) is 11.5 Å². The van der Waals surface area contributed by atoms with E-state index in [1.54, 1.807) is 26.6 Å². The Morgan fingerprint density at radius 2 is 2.06 bits per heavy atom. The maximum Gasteiger partial charge on any atom is 0.171 e. The molecule has 4 nitrogen and oxygen atoms in total. The molecule has 16 heavy (non-hydrogen) atoms. The smallest absolute Gasteiger partial charge is 0.171 e. The summed E-state index contributed by atoms with van der Waals surface area (Å²) < 4.78 is 10.6. The summed E-state index contributed by atoms with van der Waals surface area (Å²) in [5, 5.41) is 9.32. The summed E-state index contributed by atoms with van der Waals surface area (Å²) in [5.74, 6) is -0.606. The topological polar surface area (TPSA) is 55.1 Å². The van der Waals surface area contributed by atoms with Crippen molar-refractivity contribution in [2.24, 2.45) is 0 Å². The second-order valence-electron chi connectivity index (χ2n) is 4.11. The van der Waals surface area contributed by atoms with Crippen molar-refractivity contribution in [2.45, 2.75) is 24.0 Å². The molecule has 0 unspecified atom stereocenters. The minimum atomic E-state index is -0.606. The van der Waals surface area contributed by atoms with Crippen molar-refractivity contribution in [3.8, 4) is 6.07 Å². The Labute approximate surface area is 94.8 Å². The summed E-state index contributed by atoms with van der Waals surface area (Å²) in [4.78, 5) is 4.05. The molecular formula is C12H14N2O2. The minimum absolute atomic E-state index is 0.514. The van der Waals surface area contributed by atoms with Crippen LogP contribution in [0.15, 0.2) is 24.5 Å². The van der Waals surface area contributed by atoms with Crippen molar-refractivity contribution in [3.63, 3.8) is 0 Å². The third-order valence-electron chi connectivity index (χ3n) is 3.31. The molecule has 1 aliphatic rings. The zero-order chi connectivity index (χ0) is 11.6. The number of ether oxygens (including phenoxy) is 2. The monoisotopic (exact) mass is 218 g/mol. The standard InChI is InChI=1S/C12H14N2O2/c1-15-12(16-2)7-11(8-12,9-13)10-4-3-5-14-6-10/h3-6H,7-8H2,1-2H3. The van der Waals surface area contributed by atoms with Crippen LogP contribution in [0.2, 0.25) is 0 Å². The van der Waals surface area contributed by atoms with Crippen LogP contribution >= 0.6 is 0 Å². The van der Waals surface area contributed by atoms with E-state index >= 15 is 0 Å². The van der Waals surface area contributed by atoms with Crippen molar-refractivity contribution in [1.82, 2.24) is 4.98 Å². The number of nitriles is 1. The summed E-state index contributed by atoms with van der Waals surface area (Å²) in [7, 11) is 3.21. The van der Waals surface area contributed by atoms with E-state index in [1.165, 1.54) is 0 Å². The fraction of sp³-hybridized carbons (Fsp3) is 0.500. The predicted molar refractivity (Wildman–Crippen MR) is 57.5 cm³/mol. The van der Waals surface area contributed by atoms with E-state index in [2.05, 4.69) is 11.1 Å². The van der Waals surface area contributed by atoms with Crippen LogP contribution in [-0.2, 0) is 14.9 Å². The molecule has 84 valence electrons. The Morgan fingerprint density at radius 1 is 1.38 bits per heavy atom. The molecule has 0 saturated heterocycles. The van der Waals surface area contributed by atoms with E-state index in [-0.39, 0.29) is 0 Å². The lowest BCUT2D eigenvalue weighted by atomic mass is 9.62. The maximum absolute atomic E-state index is 9.32.